The lowest BCUT2D eigenvalue weighted by Crippen LogP contribution is -2.44. The van der Waals surface area contributed by atoms with Crippen molar-refractivity contribution in [2.24, 2.45) is 23.2 Å². The van der Waals surface area contributed by atoms with Gasteiger partial charge in [-0.25, -0.2) is 0 Å². The third kappa shape index (κ3) is 1.98. The number of hydrogen-bond donors (Lipinski definition) is 1. The van der Waals surface area contributed by atoms with E-state index in [2.05, 4.69) is 44.1 Å². The molecule has 0 radical (unpaired) electrons. The first-order valence-corrected chi connectivity index (χ1v) is 8.61. The van der Waals surface area contributed by atoms with Crippen molar-refractivity contribution in [1.29, 1.82) is 0 Å². The fraction of sp³-hybridized carbons (Fsp3) is 0.929. The van der Waals surface area contributed by atoms with E-state index in [4.69, 9.17) is 0 Å². The highest BCUT2D eigenvalue weighted by Gasteiger charge is 2.66. The van der Waals surface area contributed by atoms with Crippen molar-refractivity contribution in [1.82, 2.24) is 5.32 Å². The van der Waals surface area contributed by atoms with Crippen molar-refractivity contribution < 1.29 is 4.79 Å². The summed E-state index contributed by atoms with van der Waals surface area (Å²) < 4.78 is -0.175. The Hall–Kier alpha value is 0.430. The van der Waals surface area contributed by atoms with Crippen LogP contribution in [0, 0.1) is 23.2 Å². The number of carbonyl (C=O) groups is 1. The molecule has 3 aliphatic rings. The summed E-state index contributed by atoms with van der Waals surface area (Å²) in [6.45, 7) is 4.22. The van der Waals surface area contributed by atoms with Gasteiger partial charge in [0.1, 0.15) is 0 Å². The lowest BCUT2D eigenvalue weighted by molar-refractivity contribution is -0.126. The van der Waals surface area contributed by atoms with Crippen LogP contribution in [-0.2, 0) is 4.79 Å². The monoisotopic (exact) mass is 377 g/mol. The van der Waals surface area contributed by atoms with Gasteiger partial charge in [0.05, 0.1) is 8.65 Å². The molecule has 0 heterocycles. The quantitative estimate of drug-likeness (QED) is 0.743. The molecule has 0 unspecified atom stereocenters. The van der Waals surface area contributed by atoms with Crippen LogP contribution in [-0.4, -0.2) is 15.2 Å². The molecule has 2 bridgehead atoms. The number of amides is 1. The summed E-state index contributed by atoms with van der Waals surface area (Å²) in [6.07, 6.45) is 6.41. The number of hydrogen-bond acceptors (Lipinski definition) is 1. The molecule has 0 aliphatic heterocycles. The molecule has 0 saturated heterocycles. The summed E-state index contributed by atoms with van der Waals surface area (Å²) in [4.78, 5) is 12.3. The summed E-state index contributed by atoms with van der Waals surface area (Å²) in [7, 11) is 0. The van der Waals surface area contributed by atoms with E-state index in [1.54, 1.807) is 0 Å². The zero-order chi connectivity index (χ0) is 13.1. The van der Waals surface area contributed by atoms with Gasteiger partial charge in [-0.05, 0) is 57.3 Å². The lowest BCUT2D eigenvalue weighted by atomic mass is 9.84. The molecule has 2 nitrogen and oxygen atoms in total. The number of fused-ring (bicyclic) bond motifs is 2. The van der Waals surface area contributed by atoms with Crippen LogP contribution in [0.15, 0.2) is 0 Å². The second-order valence-corrected chi connectivity index (χ2v) is 10.6. The van der Waals surface area contributed by atoms with Gasteiger partial charge in [0.15, 0.2) is 0 Å². The zero-order valence-electron chi connectivity index (χ0n) is 11.0. The Kier molecular flexibility index (Phi) is 3.14. The van der Waals surface area contributed by atoms with Crippen molar-refractivity contribution in [2.45, 2.75) is 55.2 Å². The molecule has 4 heteroatoms. The van der Waals surface area contributed by atoms with E-state index < -0.39 is 0 Å². The number of carbonyl (C=O) groups excluding carboxylic acids is 1. The molecule has 102 valence electrons. The summed E-state index contributed by atoms with van der Waals surface area (Å²) >= 11 is 7.14. The van der Waals surface area contributed by atoms with Crippen molar-refractivity contribution in [3.63, 3.8) is 0 Å². The maximum Gasteiger partial charge on any atom is 0.228 e. The molecule has 3 aliphatic carbocycles. The van der Waals surface area contributed by atoms with E-state index in [9.17, 15) is 4.79 Å². The predicted octanol–water partition coefficient (Wildman–Crippen LogP) is 3.82. The van der Waals surface area contributed by atoms with Gasteiger partial charge in [0.25, 0.3) is 0 Å². The molecule has 18 heavy (non-hydrogen) atoms. The lowest BCUT2D eigenvalue weighted by Gasteiger charge is -2.29. The van der Waals surface area contributed by atoms with Crippen LogP contribution >= 0.6 is 31.9 Å². The van der Waals surface area contributed by atoms with Crippen molar-refractivity contribution in [3.05, 3.63) is 0 Å². The van der Waals surface area contributed by atoms with Crippen LogP contribution in [0.3, 0.4) is 0 Å². The summed E-state index contributed by atoms with van der Waals surface area (Å²) in [5, 5.41) is 3.27. The molecular weight excluding hydrogens is 358 g/mol. The smallest absolute Gasteiger partial charge is 0.228 e. The Morgan fingerprint density at radius 1 is 1.33 bits per heavy atom. The average molecular weight is 379 g/mol. The summed E-state index contributed by atoms with van der Waals surface area (Å²) in [5.74, 6) is 2.74. The SMILES string of the molecule is C[C@H](NC(=O)[C@@]1(C)CC1(Br)Br)[C@H]1C[C@H]2CC[C@H]1C2. The first-order valence-electron chi connectivity index (χ1n) is 7.02. The minimum atomic E-state index is -0.279. The Morgan fingerprint density at radius 3 is 2.44 bits per heavy atom. The molecule has 1 N–H and O–H groups in total. The minimum absolute atomic E-state index is 0.175. The van der Waals surface area contributed by atoms with Gasteiger partial charge in [-0.15, -0.1) is 0 Å². The Balaban J connectivity index is 1.59. The first-order chi connectivity index (χ1) is 8.33. The van der Waals surface area contributed by atoms with Gasteiger partial charge in [-0.2, -0.15) is 0 Å². The first kappa shape index (κ1) is 13.4. The van der Waals surface area contributed by atoms with E-state index in [1.807, 2.05) is 6.92 Å². The third-order valence-corrected chi connectivity index (χ3v) is 7.86. The second kappa shape index (κ2) is 4.21. The summed E-state index contributed by atoms with van der Waals surface area (Å²) in [5.41, 5.74) is -0.279. The fourth-order valence-electron chi connectivity index (χ4n) is 4.03. The molecule has 1 amide bonds. The molecular formula is C14H21Br2NO. The van der Waals surface area contributed by atoms with Crippen LogP contribution < -0.4 is 5.32 Å². The van der Waals surface area contributed by atoms with Gasteiger partial charge < -0.3 is 5.32 Å². The van der Waals surface area contributed by atoms with E-state index >= 15 is 0 Å². The molecule has 3 saturated carbocycles. The Bertz CT molecular complexity index is 384. The normalized spacial score (nSPS) is 45.9. The topological polar surface area (TPSA) is 29.1 Å². The van der Waals surface area contributed by atoms with Crippen LogP contribution in [0.25, 0.3) is 0 Å². The largest absolute Gasteiger partial charge is 0.353 e. The molecule has 0 aromatic rings. The Morgan fingerprint density at radius 2 is 2.00 bits per heavy atom. The van der Waals surface area contributed by atoms with E-state index in [-0.39, 0.29) is 14.6 Å². The number of halogens is 2. The average Bonchev–Trinajstić information content (AvgIpc) is 2.74. The van der Waals surface area contributed by atoms with Crippen LogP contribution in [0.5, 0.6) is 0 Å². The van der Waals surface area contributed by atoms with Crippen LogP contribution in [0.4, 0.5) is 0 Å². The highest BCUT2D eigenvalue weighted by atomic mass is 79.9. The van der Waals surface area contributed by atoms with Crippen molar-refractivity contribution in [3.8, 4) is 0 Å². The molecule has 3 rings (SSSR count). The van der Waals surface area contributed by atoms with Gasteiger partial charge in [-0.1, -0.05) is 38.3 Å². The predicted molar refractivity (Wildman–Crippen MR) is 79.9 cm³/mol. The van der Waals surface area contributed by atoms with Gasteiger partial charge in [-0.3, -0.25) is 4.79 Å². The standard InChI is InChI=1S/C14H21Br2NO/c1-8(11-6-9-3-4-10(11)5-9)17-12(18)13(2)7-14(13,15)16/h8-11H,3-7H2,1-2H3,(H,17,18)/t8-,9-,10-,11+,13+/m0/s1. The van der Waals surface area contributed by atoms with Crippen molar-refractivity contribution >= 4 is 37.8 Å². The minimum Gasteiger partial charge on any atom is -0.353 e. The van der Waals surface area contributed by atoms with Gasteiger partial charge in [0, 0.05) is 6.04 Å². The molecule has 0 aromatic heterocycles. The fourth-order valence-corrected chi connectivity index (χ4v) is 5.51. The van der Waals surface area contributed by atoms with Gasteiger partial charge in [0.2, 0.25) is 5.91 Å². The zero-order valence-corrected chi connectivity index (χ0v) is 14.2. The van der Waals surface area contributed by atoms with E-state index in [1.165, 1.54) is 25.7 Å². The van der Waals surface area contributed by atoms with Crippen LogP contribution in [0.1, 0.15) is 46.0 Å². The number of rotatable bonds is 3. The van der Waals surface area contributed by atoms with Crippen molar-refractivity contribution in [2.75, 3.05) is 0 Å². The molecule has 0 spiro atoms. The highest BCUT2D eigenvalue weighted by molar-refractivity contribution is 9.25. The van der Waals surface area contributed by atoms with Gasteiger partial charge >= 0.3 is 0 Å². The molecule has 3 fully saturated rings. The third-order valence-electron chi connectivity index (χ3n) is 5.55. The second-order valence-electron chi connectivity index (χ2n) is 6.81. The Labute approximate surface area is 126 Å². The van der Waals surface area contributed by atoms with Crippen LogP contribution in [0.2, 0.25) is 0 Å². The maximum absolute atomic E-state index is 12.3. The highest BCUT2D eigenvalue weighted by Crippen LogP contribution is 2.66. The number of alkyl halides is 2. The molecule has 5 atom stereocenters. The molecule has 0 aromatic carbocycles. The maximum atomic E-state index is 12.3. The van der Waals surface area contributed by atoms with E-state index in [0.717, 1.165) is 24.2 Å². The summed E-state index contributed by atoms with van der Waals surface area (Å²) in [6, 6.07) is 0.334. The number of nitrogens with one attached hydrogen (secondary N) is 1. The van der Waals surface area contributed by atoms with E-state index in [0.29, 0.717) is 6.04 Å².